The number of nitrogens with one attached hydrogen (secondary N) is 2. The van der Waals surface area contributed by atoms with E-state index in [2.05, 4.69) is 15.6 Å². The van der Waals surface area contributed by atoms with Crippen LogP contribution in [0.15, 0.2) is 24.4 Å². The number of aliphatic hydroxyl groups is 1. The van der Waals surface area contributed by atoms with Crippen LogP contribution in [0.4, 0.5) is 4.79 Å². The van der Waals surface area contributed by atoms with Gasteiger partial charge in [-0.15, -0.1) is 0 Å². The Bertz CT molecular complexity index is 410. The van der Waals surface area contributed by atoms with Crippen LogP contribution in [-0.4, -0.2) is 39.8 Å². The average molecular weight is 253 g/mol. The SMILES string of the molecule is CC(NC(=O)NC[C@H](O)C(=O)O)c1ccccn1. The van der Waals surface area contributed by atoms with Crippen LogP contribution in [0.25, 0.3) is 0 Å². The molecule has 0 aromatic carbocycles. The van der Waals surface area contributed by atoms with Crippen molar-refractivity contribution >= 4 is 12.0 Å². The van der Waals surface area contributed by atoms with E-state index in [9.17, 15) is 9.59 Å². The molecule has 1 aromatic rings. The van der Waals surface area contributed by atoms with E-state index < -0.39 is 18.1 Å². The summed E-state index contributed by atoms with van der Waals surface area (Å²) in [6.07, 6.45) is 0.000442. The molecule has 7 heteroatoms. The zero-order chi connectivity index (χ0) is 13.5. The van der Waals surface area contributed by atoms with Crippen LogP contribution in [0.1, 0.15) is 18.7 Å². The first-order chi connectivity index (χ1) is 8.50. The summed E-state index contributed by atoms with van der Waals surface area (Å²) in [5, 5.41) is 22.2. The summed E-state index contributed by atoms with van der Waals surface area (Å²) < 4.78 is 0. The molecule has 0 fully saturated rings. The van der Waals surface area contributed by atoms with Gasteiger partial charge >= 0.3 is 12.0 Å². The zero-order valence-corrected chi connectivity index (χ0v) is 9.83. The molecule has 1 unspecified atom stereocenters. The van der Waals surface area contributed by atoms with Gasteiger partial charge in [-0.05, 0) is 19.1 Å². The van der Waals surface area contributed by atoms with E-state index in [-0.39, 0.29) is 12.6 Å². The maximum absolute atomic E-state index is 11.4. The Labute approximate surface area is 104 Å². The van der Waals surface area contributed by atoms with Gasteiger partial charge in [0.25, 0.3) is 0 Å². The van der Waals surface area contributed by atoms with Crippen molar-refractivity contribution in [2.75, 3.05) is 6.54 Å². The second-order valence-electron chi connectivity index (χ2n) is 3.68. The lowest BCUT2D eigenvalue weighted by atomic mass is 10.2. The van der Waals surface area contributed by atoms with Gasteiger partial charge in [-0.25, -0.2) is 9.59 Å². The number of urea groups is 1. The zero-order valence-electron chi connectivity index (χ0n) is 9.83. The Morgan fingerprint density at radius 3 is 2.72 bits per heavy atom. The molecule has 18 heavy (non-hydrogen) atoms. The summed E-state index contributed by atoms with van der Waals surface area (Å²) in [5.74, 6) is -1.38. The van der Waals surface area contributed by atoms with Crippen molar-refractivity contribution < 1.29 is 19.8 Å². The molecule has 1 heterocycles. The molecule has 2 amide bonds. The number of aromatic nitrogens is 1. The Balaban J connectivity index is 2.39. The van der Waals surface area contributed by atoms with E-state index >= 15 is 0 Å². The lowest BCUT2D eigenvalue weighted by Gasteiger charge is -2.14. The smallest absolute Gasteiger partial charge is 0.334 e. The van der Waals surface area contributed by atoms with Crippen molar-refractivity contribution in [2.45, 2.75) is 19.1 Å². The Morgan fingerprint density at radius 2 is 2.17 bits per heavy atom. The standard InChI is InChI=1S/C11H15N3O4/c1-7(8-4-2-3-5-12-8)14-11(18)13-6-9(15)10(16)17/h2-5,7,9,15H,6H2,1H3,(H,16,17)(H2,13,14,18)/t7?,9-/m0/s1. The van der Waals surface area contributed by atoms with Crippen molar-refractivity contribution in [1.29, 1.82) is 0 Å². The second-order valence-corrected chi connectivity index (χ2v) is 3.68. The fourth-order valence-electron chi connectivity index (χ4n) is 1.23. The van der Waals surface area contributed by atoms with Gasteiger partial charge in [-0.1, -0.05) is 6.07 Å². The molecule has 0 bridgehead atoms. The van der Waals surface area contributed by atoms with Gasteiger partial charge in [0.05, 0.1) is 18.3 Å². The van der Waals surface area contributed by atoms with E-state index in [0.29, 0.717) is 5.69 Å². The number of pyridine rings is 1. The van der Waals surface area contributed by atoms with Gasteiger partial charge in [0.2, 0.25) is 0 Å². The lowest BCUT2D eigenvalue weighted by molar-refractivity contribution is -0.146. The molecule has 0 saturated heterocycles. The third-order valence-electron chi connectivity index (χ3n) is 2.22. The number of carboxylic acid groups (broad SMARTS) is 1. The first-order valence-corrected chi connectivity index (χ1v) is 5.37. The number of aliphatic carboxylic acids is 1. The number of hydrogen-bond acceptors (Lipinski definition) is 4. The number of hydrogen-bond donors (Lipinski definition) is 4. The number of aliphatic hydroxyl groups excluding tert-OH is 1. The number of carbonyl (C=O) groups excluding carboxylic acids is 1. The predicted molar refractivity (Wildman–Crippen MR) is 62.8 cm³/mol. The van der Waals surface area contributed by atoms with E-state index in [4.69, 9.17) is 10.2 Å². The number of amides is 2. The lowest BCUT2D eigenvalue weighted by Crippen LogP contribution is -2.42. The van der Waals surface area contributed by atoms with Crippen LogP contribution in [0.3, 0.4) is 0 Å². The summed E-state index contributed by atoms with van der Waals surface area (Å²) in [4.78, 5) is 25.8. The number of carbonyl (C=O) groups is 2. The van der Waals surface area contributed by atoms with Gasteiger partial charge in [0.1, 0.15) is 0 Å². The van der Waals surface area contributed by atoms with Gasteiger partial charge in [0, 0.05) is 6.20 Å². The molecule has 1 rings (SSSR count). The molecule has 1 aromatic heterocycles. The van der Waals surface area contributed by atoms with Crippen LogP contribution in [0.5, 0.6) is 0 Å². The van der Waals surface area contributed by atoms with Crippen molar-refractivity contribution in [3.05, 3.63) is 30.1 Å². The molecule has 0 saturated carbocycles. The van der Waals surface area contributed by atoms with E-state index in [1.807, 2.05) is 0 Å². The molecule has 0 aliphatic carbocycles. The molecule has 4 N–H and O–H groups in total. The minimum atomic E-state index is -1.61. The largest absolute Gasteiger partial charge is 0.479 e. The van der Waals surface area contributed by atoms with Gasteiger partial charge in [0.15, 0.2) is 6.10 Å². The minimum absolute atomic E-state index is 0.312. The molecule has 7 nitrogen and oxygen atoms in total. The third kappa shape index (κ3) is 4.38. The summed E-state index contributed by atoms with van der Waals surface area (Å²) in [7, 11) is 0. The summed E-state index contributed by atoms with van der Waals surface area (Å²) in [6, 6.07) is 4.45. The normalized spacial score (nSPS) is 13.4. The number of carboxylic acids is 1. The minimum Gasteiger partial charge on any atom is -0.479 e. The van der Waals surface area contributed by atoms with Crippen molar-refractivity contribution in [3.63, 3.8) is 0 Å². The molecular formula is C11H15N3O4. The Kier molecular flexibility index (Phi) is 5.06. The highest BCUT2D eigenvalue weighted by atomic mass is 16.4. The highest BCUT2D eigenvalue weighted by Crippen LogP contribution is 2.06. The van der Waals surface area contributed by atoms with Crippen molar-refractivity contribution in [3.8, 4) is 0 Å². The van der Waals surface area contributed by atoms with Gasteiger partial charge < -0.3 is 20.8 Å². The molecule has 0 aliphatic heterocycles. The Hall–Kier alpha value is -2.15. The average Bonchev–Trinajstić information content (AvgIpc) is 2.36. The molecule has 2 atom stereocenters. The molecular weight excluding hydrogens is 238 g/mol. The fourth-order valence-corrected chi connectivity index (χ4v) is 1.23. The van der Waals surface area contributed by atoms with Crippen molar-refractivity contribution in [2.24, 2.45) is 0 Å². The highest BCUT2D eigenvalue weighted by Gasteiger charge is 2.15. The number of rotatable bonds is 5. The summed E-state index contributed by atoms with van der Waals surface area (Å²) >= 11 is 0. The van der Waals surface area contributed by atoms with E-state index in [0.717, 1.165) is 0 Å². The Morgan fingerprint density at radius 1 is 1.44 bits per heavy atom. The first-order valence-electron chi connectivity index (χ1n) is 5.37. The van der Waals surface area contributed by atoms with Crippen LogP contribution < -0.4 is 10.6 Å². The molecule has 98 valence electrons. The van der Waals surface area contributed by atoms with Gasteiger partial charge in [-0.3, -0.25) is 4.98 Å². The topological polar surface area (TPSA) is 112 Å². The third-order valence-corrected chi connectivity index (χ3v) is 2.22. The van der Waals surface area contributed by atoms with E-state index in [1.54, 1.807) is 31.3 Å². The monoisotopic (exact) mass is 253 g/mol. The van der Waals surface area contributed by atoms with E-state index in [1.165, 1.54) is 0 Å². The summed E-state index contributed by atoms with van der Waals surface area (Å²) in [5.41, 5.74) is 0.687. The quantitative estimate of drug-likeness (QED) is 0.585. The first kappa shape index (κ1) is 13.9. The maximum Gasteiger partial charge on any atom is 0.334 e. The van der Waals surface area contributed by atoms with Crippen LogP contribution in [0.2, 0.25) is 0 Å². The molecule has 0 spiro atoms. The van der Waals surface area contributed by atoms with Gasteiger partial charge in [-0.2, -0.15) is 0 Å². The van der Waals surface area contributed by atoms with Crippen LogP contribution in [-0.2, 0) is 4.79 Å². The molecule has 0 aliphatic rings. The van der Waals surface area contributed by atoms with Crippen LogP contribution in [0, 0.1) is 0 Å². The maximum atomic E-state index is 11.4. The molecule has 0 radical (unpaired) electrons. The van der Waals surface area contributed by atoms with Crippen molar-refractivity contribution in [1.82, 2.24) is 15.6 Å². The summed E-state index contributed by atoms with van der Waals surface area (Å²) in [6.45, 7) is 1.39. The predicted octanol–water partition coefficient (Wildman–Crippen LogP) is -0.113. The second kappa shape index (κ2) is 6.55. The number of nitrogens with zero attached hydrogens (tertiary/aromatic N) is 1. The highest BCUT2D eigenvalue weighted by molar-refractivity contribution is 5.76. The van der Waals surface area contributed by atoms with Crippen LogP contribution >= 0.6 is 0 Å². The fraction of sp³-hybridized carbons (Fsp3) is 0.364.